The van der Waals surface area contributed by atoms with Crippen LogP contribution in [0.2, 0.25) is 0 Å². The molecule has 8 nitrogen and oxygen atoms in total. The van der Waals surface area contributed by atoms with Gasteiger partial charge in [0, 0.05) is 6.61 Å². The van der Waals surface area contributed by atoms with E-state index in [1.54, 1.807) is 44.2 Å². The normalized spacial score (nSPS) is 23.4. The molecule has 9 heteroatoms. The van der Waals surface area contributed by atoms with Gasteiger partial charge in [-0.3, -0.25) is 9.32 Å². The molecule has 1 aliphatic rings. The van der Waals surface area contributed by atoms with Gasteiger partial charge in [0.15, 0.2) is 0 Å². The molecule has 0 bridgehead atoms. The number of esters is 1. The molecule has 26 heavy (non-hydrogen) atoms. The molecule has 0 spiro atoms. The van der Waals surface area contributed by atoms with Crippen molar-refractivity contribution in [2.45, 2.75) is 51.5 Å². The third-order valence-corrected chi connectivity index (χ3v) is 5.25. The Hall–Kier alpha value is -1.44. The quantitative estimate of drug-likeness (QED) is 0.491. The minimum atomic E-state index is -3.92. The van der Waals surface area contributed by atoms with Gasteiger partial charge >= 0.3 is 13.7 Å². The van der Waals surface area contributed by atoms with Crippen LogP contribution < -0.4 is 9.61 Å². The monoisotopic (exact) mass is 387 g/mol. The molecule has 1 aromatic carbocycles. The van der Waals surface area contributed by atoms with Crippen molar-refractivity contribution in [1.82, 2.24) is 5.09 Å². The van der Waals surface area contributed by atoms with Crippen LogP contribution in [0.1, 0.15) is 27.2 Å². The molecule has 4 atom stereocenters. The molecule has 1 saturated heterocycles. The molecule has 2 unspecified atom stereocenters. The first-order valence-corrected chi connectivity index (χ1v) is 10.1. The highest BCUT2D eigenvalue weighted by molar-refractivity contribution is 7.52. The largest absolute Gasteiger partial charge is 0.462 e. The molecule has 1 heterocycles. The van der Waals surface area contributed by atoms with Crippen LogP contribution in [0.15, 0.2) is 30.3 Å². The van der Waals surface area contributed by atoms with Gasteiger partial charge in [-0.1, -0.05) is 18.2 Å². The Morgan fingerprint density at radius 1 is 1.35 bits per heavy atom. The van der Waals surface area contributed by atoms with Crippen LogP contribution in [0, 0.1) is 0 Å². The first-order chi connectivity index (χ1) is 12.3. The third kappa shape index (κ3) is 6.37. The second-order valence-corrected chi connectivity index (χ2v) is 7.99. The first-order valence-electron chi connectivity index (χ1n) is 8.56. The Balaban J connectivity index is 2.06. The molecule has 2 N–H and O–H groups in total. The topological polar surface area (TPSA) is 103 Å². The lowest BCUT2D eigenvalue weighted by Gasteiger charge is -2.24. The van der Waals surface area contributed by atoms with Crippen LogP contribution in [-0.2, 0) is 23.4 Å². The number of carbonyl (C=O) groups excluding carboxylic acids is 1. The number of aliphatic hydroxyl groups is 1. The highest BCUT2D eigenvalue weighted by Crippen LogP contribution is 2.45. The Kier molecular flexibility index (Phi) is 7.61. The molecule has 1 fully saturated rings. The summed E-state index contributed by atoms with van der Waals surface area (Å²) in [6.07, 6.45) is -1.10. The fourth-order valence-corrected chi connectivity index (χ4v) is 3.80. The number of aliphatic hydroxyl groups excluding tert-OH is 1. The number of para-hydroxylation sites is 1. The number of hydrogen-bond acceptors (Lipinski definition) is 7. The average Bonchev–Trinajstić information content (AvgIpc) is 2.98. The number of rotatable bonds is 9. The number of carbonyl (C=O) groups is 1. The Labute approximate surface area is 153 Å². The molecule has 1 aliphatic heterocycles. The molecule has 0 amide bonds. The number of benzene rings is 1. The van der Waals surface area contributed by atoms with Gasteiger partial charge in [-0.05, 0) is 39.3 Å². The molecule has 2 rings (SSSR count). The second kappa shape index (κ2) is 9.48. The molecular weight excluding hydrogens is 361 g/mol. The highest BCUT2D eigenvalue weighted by Gasteiger charge is 2.35. The zero-order valence-electron chi connectivity index (χ0n) is 15.2. The minimum Gasteiger partial charge on any atom is -0.462 e. The van der Waals surface area contributed by atoms with Crippen LogP contribution in [0.3, 0.4) is 0 Å². The molecule has 1 aromatic rings. The highest BCUT2D eigenvalue weighted by atomic mass is 31.2. The van der Waals surface area contributed by atoms with Crippen molar-refractivity contribution in [2.75, 3.05) is 13.2 Å². The van der Waals surface area contributed by atoms with E-state index in [0.29, 0.717) is 18.8 Å². The van der Waals surface area contributed by atoms with Crippen molar-refractivity contribution in [3.63, 3.8) is 0 Å². The van der Waals surface area contributed by atoms with Gasteiger partial charge in [0.1, 0.15) is 17.9 Å². The van der Waals surface area contributed by atoms with Gasteiger partial charge in [-0.25, -0.2) is 4.57 Å². The molecule has 0 saturated carbocycles. The van der Waals surface area contributed by atoms with Crippen LogP contribution in [-0.4, -0.2) is 48.6 Å². The van der Waals surface area contributed by atoms with E-state index < -0.39 is 32.0 Å². The second-order valence-electron chi connectivity index (χ2n) is 6.30. The molecule has 0 aromatic heterocycles. The van der Waals surface area contributed by atoms with E-state index in [0.717, 1.165) is 0 Å². The van der Waals surface area contributed by atoms with E-state index >= 15 is 0 Å². The van der Waals surface area contributed by atoms with Gasteiger partial charge in [0.25, 0.3) is 0 Å². The maximum Gasteiger partial charge on any atom is 0.459 e. The summed E-state index contributed by atoms with van der Waals surface area (Å²) in [4.78, 5) is 12.0. The van der Waals surface area contributed by atoms with Crippen molar-refractivity contribution in [3.8, 4) is 5.75 Å². The predicted molar refractivity (Wildman–Crippen MR) is 94.8 cm³/mol. The zero-order valence-corrected chi connectivity index (χ0v) is 16.1. The van der Waals surface area contributed by atoms with Gasteiger partial charge < -0.3 is 19.1 Å². The summed E-state index contributed by atoms with van der Waals surface area (Å²) >= 11 is 0. The van der Waals surface area contributed by atoms with E-state index in [4.69, 9.17) is 18.5 Å². The fraction of sp³-hybridized carbons (Fsp3) is 0.588. The average molecular weight is 387 g/mol. The van der Waals surface area contributed by atoms with Crippen LogP contribution in [0.25, 0.3) is 0 Å². The van der Waals surface area contributed by atoms with Crippen molar-refractivity contribution in [3.05, 3.63) is 30.3 Å². The maximum absolute atomic E-state index is 13.1. The van der Waals surface area contributed by atoms with Gasteiger partial charge in [0.05, 0.1) is 18.8 Å². The lowest BCUT2D eigenvalue weighted by atomic mass is 10.2. The number of nitrogens with one attached hydrogen (secondary N) is 1. The first kappa shape index (κ1) is 20.9. The van der Waals surface area contributed by atoms with E-state index in [9.17, 15) is 14.5 Å². The lowest BCUT2D eigenvalue weighted by Crippen LogP contribution is -2.37. The van der Waals surface area contributed by atoms with E-state index in [2.05, 4.69) is 5.09 Å². The fourth-order valence-electron chi connectivity index (χ4n) is 2.30. The molecule has 0 radical (unpaired) electrons. The SMILES string of the molecule is CC(C)OC(=O)[C@H](C)NP(=O)(OC[C@H]1OCCC1O)Oc1ccccc1. The van der Waals surface area contributed by atoms with E-state index in [1.165, 1.54) is 6.92 Å². The molecule has 0 aliphatic carbocycles. The summed E-state index contributed by atoms with van der Waals surface area (Å²) in [5.74, 6) is -0.252. The van der Waals surface area contributed by atoms with Crippen molar-refractivity contribution < 1.29 is 33.0 Å². The lowest BCUT2D eigenvalue weighted by molar-refractivity contribution is -0.149. The Bertz CT molecular complexity index is 625. The molecular formula is C17H26NO7P. The van der Waals surface area contributed by atoms with Crippen LogP contribution >= 0.6 is 7.75 Å². The number of hydrogen-bond donors (Lipinski definition) is 2. The maximum atomic E-state index is 13.1. The van der Waals surface area contributed by atoms with Crippen molar-refractivity contribution in [2.24, 2.45) is 0 Å². The Morgan fingerprint density at radius 3 is 2.62 bits per heavy atom. The van der Waals surface area contributed by atoms with Gasteiger partial charge in [0.2, 0.25) is 0 Å². The van der Waals surface area contributed by atoms with Crippen LogP contribution in [0.5, 0.6) is 5.75 Å². The van der Waals surface area contributed by atoms with Gasteiger partial charge in [-0.15, -0.1) is 0 Å². The number of ether oxygens (including phenoxy) is 2. The predicted octanol–water partition coefficient (Wildman–Crippen LogP) is 2.27. The van der Waals surface area contributed by atoms with Crippen LogP contribution in [0.4, 0.5) is 0 Å². The summed E-state index contributed by atoms with van der Waals surface area (Å²) in [7, 11) is -3.92. The van der Waals surface area contributed by atoms with E-state index in [1.807, 2.05) is 0 Å². The van der Waals surface area contributed by atoms with Crippen molar-refractivity contribution in [1.29, 1.82) is 0 Å². The zero-order chi connectivity index (χ0) is 19.2. The summed E-state index contributed by atoms with van der Waals surface area (Å²) in [6, 6.07) is 7.56. The summed E-state index contributed by atoms with van der Waals surface area (Å²) in [6.45, 7) is 5.23. The summed E-state index contributed by atoms with van der Waals surface area (Å²) in [5, 5.41) is 12.4. The summed E-state index contributed by atoms with van der Waals surface area (Å²) < 4.78 is 34.5. The third-order valence-electron chi connectivity index (χ3n) is 3.61. The van der Waals surface area contributed by atoms with E-state index in [-0.39, 0.29) is 12.7 Å². The van der Waals surface area contributed by atoms with Crippen molar-refractivity contribution >= 4 is 13.7 Å². The smallest absolute Gasteiger partial charge is 0.459 e. The summed E-state index contributed by atoms with van der Waals surface area (Å²) in [5.41, 5.74) is 0. The minimum absolute atomic E-state index is 0.135. The Morgan fingerprint density at radius 2 is 2.04 bits per heavy atom. The standard InChI is InChI=1S/C17H26NO7P/c1-12(2)24-17(20)13(3)18-26(21,25-14-7-5-4-6-8-14)23-11-16-15(19)9-10-22-16/h4-8,12-13,15-16,19H,9-11H2,1-3H3,(H,18,21)/t13-,15?,16+,26?/m0/s1. The molecule has 146 valence electrons. The van der Waals surface area contributed by atoms with Gasteiger partial charge in [-0.2, -0.15) is 5.09 Å².